The van der Waals surface area contributed by atoms with Gasteiger partial charge < -0.3 is 20.1 Å². The Morgan fingerprint density at radius 2 is 1.92 bits per heavy atom. The van der Waals surface area contributed by atoms with Crippen molar-refractivity contribution in [3.63, 3.8) is 0 Å². The number of rotatable bonds is 7. The third kappa shape index (κ3) is 5.21. The van der Waals surface area contributed by atoms with Gasteiger partial charge in [0, 0.05) is 27.2 Å². The molecule has 6 nitrogen and oxygen atoms in total. The van der Waals surface area contributed by atoms with Crippen LogP contribution in [0.25, 0.3) is 0 Å². The maximum atomic E-state index is 12.3. The van der Waals surface area contributed by atoms with Crippen LogP contribution < -0.4 is 5.32 Å². The van der Waals surface area contributed by atoms with Gasteiger partial charge >= 0.3 is 12.0 Å². The van der Waals surface area contributed by atoms with E-state index in [9.17, 15) is 9.59 Å². The van der Waals surface area contributed by atoms with Crippen molar-refractivity contribution in [3.8, 4) is 0 Å². The SMILES string of the molecule is COC1(CNC(=O)N(C)CC(C)C(=O)O)CCC(c2ccccc2)CC1. The van der Waals surface area contributed by atoms with Crippen molar-refractivity contribution >= 4 is 12.0 Å². The van der Waals surface area contributed by atoms with E-state index in [2.05, 4.69) is 29.6 Å². The van der Waals surface area contributed by atoms with Crippen LogP contribution in [0, 0.1) is 5.92 Å². The molecule has 144 valence electrons. The number of carboxylic acids is 1. The number of nitrogens with zero attached hydrogens (tertiary/aromatic N) is 1. The van der Waals surface area contributed by atoms with Gasteiger partial charge in [0.05, 0.1) is 11.5 Å². The molecule has 1 aliphatic carbocycles. The lowest BCUT2D eigenvalue weighted by molar-refractivity contribution is -0.141. The zero-order chi connectivity index (χ0) is 19.2. The van der Waals surface area contributed by atoms with Crippen LogP contribution in [-0.2, 0) is 9.53 Å². The summed E-state index contributed by atoms with van der Waals surface area (Å²) in [6.45, 7) is 2.21. The minimum Gasteiger partial charge on any atom is -0.481 e. The van der Waals surface area contributed by atoms with Gasteiger partial charge in [-0.15, -0.1) is 0 Å². The molecule has 1 unspecified atom stereocenters. The van der Waals surface area contributed by atoms with Crippen LogP contribution in [0.5, 0.6) is 0 Å². The third-order valence-electron chi connectivity index (χ3n) is 5.48. The van der Waals surface area contributed by atoms with Gasteiger partial charge in [0.1, 0.15) is 0 Å². The predicted molar refractivity (Wildman–Crippen MR) is 100 cm³/mol. The Hall–Kier alpha value is -2.08. The van der Waals surface area contributed by atoms with Crippen LogP contribution in [0.2, 0.25) is 0 Å². The monoisotopic (exact) mass is 362 g/mol. The standard InChI is InChI=1S/C20H30N2O4/c1-15(18(23)24)13-22(2)19(25)21-14-20(26-3)11-9-17(10-12-20)16-7-5-4-6-8-16/h4-8,15,17H,9-14H2,1-3H3,(H,21,25)(H,23,24). The second-order valence-electron chi connectivity index (χ2n) is 7.35. The van der Waals surface area contributed by atoms with Gasteiger partial charge in [-0.2, -0.15) is 0 Å². The number of ether oxygens (including phenoxy) is 1. The van der Waals surface area contributed by atoms with Gasteiger partial charge in [-0.1, -0.05) is 37.3 Å². The highest BCUT2D eigenvalue weighted by Gasteiger charge is 2.36. The summed E-state index contributed by atoms with van der Waals surface area (Å²) in [4.78, 5) is 24.6. The summed E-state index contributed by atoms with van der Waals surface area (Å²) in [5.41, 5.74) is 1.02. The van der Waals surface area contributed by atoms with Gasteiger partial charge in [-0.25, -0.2) is 4.79 Å². The minimum absolute atomic E-state index is 0.178. The topological polar surface area (TPSA) is 78.9 Å². The van der Waals surface area contributed by atoms with E-state index in [0.29, 0.717) is 12.5 Å². The number of hydrogen-bond donors (Lipinski definition) is 2. The largest absolute Gasteiger partial charge is 0.481 e. The Bertz CT molecular complexity index is 597. The van der Waals surface area contributed by atoms with Gasteiger partial charge in [0.15, 0.2) is 0 Å². The first-order valence-electron chi connectivity index (χ1n) is 9.19. The van der Waals surface area contributed by atoms with Gasteiger partial charge in [0.2, 0.25) is 0 Å². The Kier molecular flexibility index (Phi) is 7.03. The average molecular weight is 362 g/mol. The van der Waals surface area contributed by atoms with Gasteiger partial charge in [-0.3, -0.25) is 4.79 Å². The number of aliphatic carboxylic acids is 1. The fraction of sp³-hybridized carbons (Fsp3) is 0.600. The Balaban J connectivity index is 1.85. The molecule has 1 saturated carbocycles. The Morgan fingerprint density at radius 3 is 2.46 bits per heavy atom. The van der Waals surface area contributed by atoms with Crippen LogP contribution in [0.3, 0.4) is 0 Å². The predicted octanol–water partition coefficient (Wildman–Crippen LogP) is 3.09. The highest BCUT2D eigenvalue weighted by atomic mass is 16.5. The number of hydrogen-bond acceptors (Lipinski definition) is 3. The molecule has 0 aromatic heterocycles. The lowest BCUT2D eigenvalue weighted by atomic mass is 9.76. The van der Waals surface area contributed by atoms with Gasteiger partial charge in [0.25, 0.3) is 0 Å². The van der Waals surface area contributed by atoms with E-state index in [4.69, 9.17) is 9.84 Å². The average Bonchev–Trinajstić information content (AvgIpc) is 2.67. The fourth-order valence-corrected chi connectivity index (χ4v) is 3.60. The molecule has 2 rings (SSSR count). The zero-order valence-corrected chi connectivity index (χ0v) is 15.9. The molecule has 2 N–H and O–H groups in total. The van der Waals surface area contributed by atoms with Crippen LogP contribution in [0.15, 0.2) is 30.3 Å². The Labute approximate surface area is 155 Å². The van der Waals surface area contributed by atoms with Crippen LogP contribution in [-0.4, -0.2) is 54.9 Å². The number of carbonyl (C=O) groups is 2. The highest BCUT2D eigenvalue weighted by Crippen LogP contribution is 2.39. The molecule has 26 heavy (non-hydrogen) atoms. The minimum atomic E-state index is -0.905. The Morgan fingerprint density at radius 1 is 1.31 bits per heavy atom. The zero-order valence-electron chi connectivity index (χ0n) is 15.9. The first-order valence-corrected chi connectivity index (χ1v) is 9.19. The number of benzene rings is 1. The summed E-state index contributed by atoms with van der Waals surface area (Å²) in [7, 11) is 3.31. The van der Waals surface area contributed by atoms with E-state index in [0.717, 1.165) is 25.7 Å². The van der Waals surface area contributed by atoms with E-state index in [1.165, 1.54) is 10.5 Å². The van der Waals surface area contributed by atoms with Crippen LogP contribution in [0.4, 0.5) is 4.79 Å². The van der Waals surface area contributed by atoms with Crippen LogP contribution in [0.1, 0.15) is 44.1 Å². The molecular weight excluding hydrogens is 332 g/mol. The van der Waals surface area contributed by atoms with E-state index < -0.39 is 11.9 Å². The maximum absolute atomic E-state index is 12.3. The van der Waals surface area contributed by atoms with E-state index in [1.54, 1.807) is 21.1 Å². The molecule has 1 aliphatic rings. The molecule has 0 spiro atoms. The highest BCUT2D eigenvalue weighted by molar-refractivity contribution is 5.75. The van der Waals surface area contributed by atoms with Crippen molar-refractivity contribution in [2.45, 2.75) is 44.1 Å². The normalized spacial score (nSPS) is 23.9. The van der Waals surface area contributed by atoms with E-state index in [-0.39, 0.29) is 18.2 Å². The molecule has 1 aromatic rings. The number of urea groups is 1. The molecule has 0 bridgehead atoms. The quantitative estimate of drug-likeness (QED) is 0.781. The van der Waals surface area contributed by atoms with Crippen molar-refractivity contribution in [1.29, 1.82) is 0 Å². The summed E-state index contributed by atoms with van der Waals surface area (Å²) in [6, 6.07) is 10.3. The lowest BCUT2D eigenvalue weighted by Gasteiger charge is -2.39. The number of carboxylic acid groups (broad SMARTS) is 1. The second-order valence-corrected chi connectivity index (χ2v) is 7.35. The van der Waals surface area contributed by atoms with Crippen molar-refractivity contribution in [1.82, 2.24) is 10.2 Å². The maximum Gasteiger partial charge on any atom is 0.317 e. The van der Waals surface area contributed by atoms with Crippen LogP contribution >= 0.6 is 0 Å². The lowest BCUT2D eigenvalue weighted by Crippen LogP contribution is -2.50. The molecular formula is C20H30N2O4. The number of carbonyl (C=O) groups excluding carboxylic acids is 1. The molecule has 0 radical (unpaired) electrons. The van der Waals surface area contributed by atoms with Crippen molar-refractivity contribution in [2.24, 2.45) is 5.92 Å². The molecule has 1 aromatic carbocycles. The summed E-state index contributed by atoms with van der Waals surface area (Å²) in [6.07, 6.45) is 3.83. The number of amides is 2. The summed E-state index contributed by atoms with van der Waals surface area (Å²) >= 11 is 0. The molecule has 0 heterocycles. The van der Waals surface area contributed by atoms with Crippen molar-refractivity contribution in [3.05, 3.63) is 35.9 Å². The number of nitrogens with one attached hydrogen (secondary N) is 1. The molecule has 2 amide bonds. The molecule has 1 fully saturated rings. The smallest absolute Gasteiger partial charge is 0.317 e. The number of methoxy groups -OCH3 is 1. The molecule has 1 atom stereocenters. The van der Waals surface area contributed by atoms with Crippen molar-refractivity contribution in [2.75, 3.05) is 27.2 Å². The van der Waals surface area contributed by atoms with E-state index in [1.807, 2.05) is 6.07 Å². The second kappa shape index (κ2) is 9.03. The van der Waals surface area contributed by atoms with E-state index >= 15 is 0 Å². The first kappa shape index (κ1) is 20.2. The molecule has 0 saturated heterocycles. The third-order valence-corrected chi connectivity index (χ3v) is 5.48. The first-order chi connectivity index (χ1) is 12.4. The summed E-state index contributed by atoms with van der Waals surface area (Å²) < 4.78 is 5.79. The molecule has 0 aliphatic heterocycles. The molecule has 6 heteroatoms. The van der Waals surface area contributed by atoms with Gasteiger partial charge in [-0.05, 0) is 37.2 Å². The van der Waals surface area contributed by atoms with Crippen molar-refractivity contribution < 1.29 is 19.4 Å². The summed E-state index contributed by atoms with van der Waals surface area (Å²) in [5, 5.41) is 11.9. The summed E-state index contributed by atoms with van der Waals surface area (Å²) in [5.74, 6) is -0.963. The fourth-order valence-electron chi connectivity index (χ4n) is 3.60.